The third-order valence-corrected chi connectivity index (χ3v) is 4.65. The molecule has 2 aliphatic rings. The smallest absolute Gasteiger partial charge is 0.255 e. The van der Waals surface area contributed by atoms with Gasteiger partial charge in [-0.15, -0.1) is 0 Å². The molecule has 1 saturated heterocycles. The van der Waals surface area contributed by atoms with E-state index in [4.69, 9.17) is 0 Å². The van der Waals surface area contributed by atoms with Gasteiger partial charge in [-0.3, -0.25) is 19.7 Å². The minimum atomic E-state index is -0.556. The van der Waals surface area contributed by atoms with Gasteiger partial charge >= 0.3 is 0 Å². The number of benzene rings is 1. The van der Waals surface area contributed by atoms with Gasteiger partial charge in [0.1, 0.15) is 6.04 Å². The number of carbonyl (C=O) groups excluding carboxylic acids is 3. The summed E-state index contributed by atoms with van der Waals surface area (Å²) < 4.78 is 0. The molecular formula is C18H24N4O3. The van der Waals surface area contributed by atoms with Gasteiger partial charge in [0.2, 0.25) is 11.8 Å². The zero-order chi connectivity index (χ0) is 17.8. The van der Waals surface area contributed by atoms with Crippen LogP contribution in [-0.2, 0) is 22.7 Å². The van der Waals surface area contributed by atoms with Crippen molar-refractivity contribution in [1.29, 1.82) is 0 Å². The van der Waals surface area contributed by atoms with E-state index in [1.807, 2.05) is 18.2 Å². The largest absolute Gasteiger partial charge is 0.322 e. The minimum Gasteiger partial charge on any atom is -0.322 e. The van der Waals surface area contributed by atoms with Crippen LogP contribution >= 0.6 is 0 Å². The molecule has 0 aliphatic carbocycles. The standard InChI is InChI=1S/C18H24N4O3/c1-2-19-7-8-20-10-12-3-4-13-11-22(18(25)14(13)9-12)15-5-6-16(23)21-17(15)24/h3-4,9,15,19-20H,2,5-8,10-11H2,1H3,(H,21,23,24). The van der Waals surface area contributed by atoms with Crippen LogP contribution in [0.1, 0.15) is 41.3 Å². The Morgan fingerprint density at radius 3 is 2.76 bits per heavy atom. The Labute approximate surface area is 147 Å². The topological polar surface area (TPSA) is 90.5 Å². The van der Waals surface area contributed by atoms with E-state index in [-0.39, 0.29) is 24.1 Å². The fourth-order valence-corrected chi connectivity index (χ4v) is 3.30. The molecule has 1 atom stereocenters. The third kappa shape index (κ3) is 3.88. The number of carbonyl (C=O) groups is 3. The molecule has 2 heterocycles. The Kier molecular flexibility index (Phi) is 5.45. The third-order valence-electron chi connectivity index (χ3n) is 4.65. The average Bonchev–Trinajstić information content (AvgIpc) is 2.91. The highest BCUT2D eigenvalue weighted by atomic mass is 16.2. The number of rotatable bonds is 7. The highest BCUT2D eigenvalue weighted by Crippen LogP contribution is 2.28. The van der Waals surface area contributed by atoms with E-state index in [2.05, 4.69) is 22.9 Å². The molecule has 3 amide bonds. The predicted octanol–water partition coefficient (Wildman–Crippen LogP) is 0.147. The number of imide groups is 1. The molecule has 25 heavy (non-hydrogen) atoms. The number of likely N-dealkylation sites (N-methyl/N-ethyl adjacent to an activating group) is 1. The Balaban J connectivity index is 1.63. The molecule has 3 rings (SSSR count). The van der Waals surface area contributed by atoms with E-state index < -0.39 is 6.04 Å². The summed E-state index contributed by atoms with van der Waals surface area (Å²) in [6.07, 6.45) is 0.667. The van der Waals surface area contributed by atoms with Gasteiger partial charge in [0.25, 0.3) is 5.91 Å². The van der Waals surface area contributed by atoms with Crippen LogP contribution in [0, 0.1) is 0 Å². The van der Waals surface area contributed by atoms with Gasteiger partial charge < -0.3 is 15.5 Å². The Morgan fingerprint density at radius 1 is 1.20 bits per heavy atom. The summed E-state index contributed by atoms with van der Waals surface area (Å²) in [4.78, 5) is 37.6. The maximum absolute atomic E-state index is 12.7. The second-order valence-corrected chi connectivity index (χ2v) is 6.42. The summed E-state index contributed by atoms with van der Waals surface area (Å²) in [6, 6.07) is 5.32. The number of amides is 3. The molecule has 0 aromatic heterocycles. The van der Waals surface area contributed by atoms with Crippen molar-refractivity contribution in [2.45, 2.75) is 38.9 Å². The number of nitrogens with zero attached hydrogens (tertiary/aromatic N) is 1. The summed E-state index contributed by atoms with van der Waals surface area (Å²) in [7, 11) is 0. The maximum Gasteiger partial charge on any atom is 0.255 e. The van der Waals surface area contributed by atoms with Crippen LogP contribution in [0.3, 0.4) is 0 Å². The summed E-state index contributed by atoms with van der Waals surface area (Å²) in [5, 5.41) is 8.91. The lowest BCUT2D eigenvalue weighted by molar-refractivity contribution is -0.136. The van der Waals surface area contributed by atoms with Crippen LogP contribution < -0.4 is 16.0 Å². The molecule has 7 nitrogen and oxygen atoms in total. The van der Waals surface area contributed by atoms with Crippen molar-refractivity contribution < 1.29 is 14.4 Å². The van der Waals surface area contributed by atoms with Crippen molar-refractivity contribution >= 4 is 17.7 Å². The number of hydrogen-bond acceptors (Lipinski definition) is 5. The van der Waals surface area contributed by atoms with E-state index >= 15 is 0 Å². The molecular weight excluding hydrogens is 320 g/mol. The zero-order valence-electron chi connectivity index (χ0n) is 14.4. The van der Waals surface area contributed by atoms with Gasteiger partial charge in [-0.2, -0.15) is 0 Å². The van der Waals surface area contributed by atoms with Gasteiger partial charge in [-0.25, -0.2) is 0 Å². The first-order valence-corrected chi connectivity index (χ1v) is 8.78. The lowest BCUT2D eigenvalue weighted by Crippen LogP contribution is -2.52. The molecule has 0 radical (unpaired) electrons. The molecule has 0 bridgehead atoms. The first-order valence-electron chi connectivity index (χ1n) is 8.78. The van der Waals surface area contributed by atoms with E-state index in [1.165, 1.54) is 0 Å². The van der Waals surface area contributed by atoms with Crippen molar-refractivity contribution in [3.63, 3.8) is 0 Å². The summed E-state index contributed by atoms with van der Waals surface area (Å²) in [5.41, 5.74) is 2.65. The minimum absolute atomic E-state index is 0.126. The number of piperidine rings is 1. The molecule has 2 aliphatic heterocycles. The van der Waals surface area contributed by atoms with Crippen LogP contribution in [0.4, 0.5) is 0 Å². The second kappa shape index (κ2) is 7.76. The van der Waals surface area contributed by atoms with E-state index in [0.717, 1.165) is 30.8 Å². The zero-order valence-corrected chi connectivity index (χ0v) is 14.4. The van der Waals surface area contributed by atoms with Crippen LogP contribution in [-0.4, -0.2) is 48.3 Å². The molecule has 134 valence electrons. The van der Waals surface area contributed by atoms with Gasteiger partial charge in [-0.1, -0.05) is 19.1 Å². The summed E-state index contributed by atoms with van der Waals surface area (Å²) in [5.74, 6) is -0.766. The van der Waals surface area contributed by atoms with Gasteiger partial charge in [0, 0.05) is 38.2 Å². The lowest BCUT2D eigenvalue weighted by atomic mass is 10.0. The van der Waals surface area contributed by atoms with Crippen molar-refractivity contribution in [2.75, 3.05) is 19.6 Å². The summed E-state index contributed by atoms with van der Waals surface area (Å²) in [6.45, 7) is 5.91. The maximum atomic E-state index is 12.7. The number of fused-ring (bicyclic) bond motifs is 1. The second-order valence-electron chi connectivity index (χ2n) is 6.42. The van der Waals surface area contributed by atoms with Crippen molar-refractivity contribution in [3.05, 3.63) is 34.9 Å². The fourth-order valence-electron chi connectivity index (χ4n) is 3.30. The lowest BCUT2D eigenvalue weighted by Gasteiger charge is -2.29. The molecule has 1 fully saturated rings. The fraction of sp³-hybridized carbons (Fsp3) is 0.500. The van der Waals surface area contributed by atoms with Crippen LogP contribution in [0.15, 0.2) is 18.2 Å². The highest BCUT2D eigenvalue weighted by Gasteiger charge is 2.38. The SMILES string of the molecule is CCNCCNCc1ccc2c(c1)C(=O)N(C1CCC(=O)NC1=O)C2. The van der Waals surface area contributed by atoms with Crippen LogP contribution in [0.5, 0.6) is 0 Å². The quantitative estimate of drug-likeness (QED) is 0.484. The van der Waals surface area contributed by atoms with Crippen LogP contribution in [0.2, 0.25) is 0 Å². The Hall–Kier alpha value is -2.25. The van der Waals surface area contributed by atoms with Crippen LogP contribution in [0.25, 0.3) is 0 Å². The van der Waals surface area contributed by atoms with Crippen molar-refractivity contribution in [3.8, 4) is 0 Å². The van der Waals surface area contributed by atoms with E-state index in [0.29, 0.717) is 25.1 Å². The highest BCUT2D eigenvalue weighted by molar-refractivity contribution is 6.05. The first-order chi connectivity index (χ1) is 12.1. The molecule has 0 spiro atoms. The van der Waals surface area contributed by atoms with Crippen molar-refractivity contribution in [2.24, 2.45) is 0 Å². The number of hydrogen-bond donors (Lipinski definition) is 3. The van der Waals surface area contributed by atoms with Gasteiger partial charge in [-0.05, 0) is 30.2 Å². The molecule has 1 aromatic rings. The molecule has 7 heteroatoms. The molecule has 3 N–H and O–H groups in total. The Bertz CT molecular complexity index is 689. The van der Waals surface area contributed by atoms with Gasteiger partial charge in [0.05, 0.1) is 0 Å². The molecule has 1 aromatic carbocycles. The summed E-state index contributed by atoms with van der Waals surface area (Å²) >= 11 is 0. The van der Waals surface area contributed by atoms with E-state index in [1.54, 1.807) is 4.90 Å². The predicted molar refractivity (Wildman–Crippen MR) is 92.7 cm³/mol. The number of nitrogens with one attached hydrogen (secondary N) is 3. The molecule has 1 unspecified atom stereocenters. The molecule has 0 saturated carbocycles. The average molecular weight is 344 g/mol. The Morgan fingerprint density at radius 2 is 2.00 bits per heavy atom. The van der Waals surface area contributed by atoms with Crippen molar-refractivity contribution in [1.82, 2.24) is 20.9 Å². The first kappa shape index (κ1) is 17.6. The van der Waals surface area contributed by atoms with E-state index in [9.17, 15) is 14.4 Å². The normalized spacial score (nSPS) is 20.0. The monoisotopic (exact) mass is 344 g/mol. The van der Waals surface area contributed by atoms with Gasteiger partial charge in [0.15, 0.2) is 0 Å².